The topological polar surface area (TPSA) is 20.2 Å². The Labute approximate surface area is 212 Å². The van der Waals surface area contributed by atoms with Crippen LogP contribution in [0.1, 0.15) is 24.1 Å². The number of rotatable bonds is 7. The van der Waals surface area contributed by atoms with Crippen molar-refractivity contribution in [1.82, 2.24) is 4.57 Å². The Hall–Kier alpha value is -1.04. The van der Waals surface area contributed by atoms with E-state index >= 15 is 0 Å². The molecular formula is C24H29KN3-. The van der Waals surface area contributed by atoms with Gasteiger partial charge < -0.3 is 28.6 Å². The maximum absolute atomic E-state index is 4.33. The van der Waals surface area contributed by atoms with E-state index in [9.17, 15) is 0 Å². The Morgan fingerprint density at radius 3 is 2.46 bits per heavy atom. The number of benzene rings is 2. The molecule has 0 spiro atoms. The molecule has 1 heterocycles. The van der Waals surface area contributed by atoms with Crippen LogP contribution in [0, 0.1) is 27.7 Å². The summed E-state index contributed by atoms with van der Waals surface area (Å²) >= 11 is 0. The summed E-state index contributed by atoms with van der Waals surface area (Å²) in [6.07, 6.45) is 2.21. The number of nitrogens with one attached hydrogen (secondary N) is 1. The Balaban J connectivity index is 0.00000280. The molecule has 3 aromatic rings. The molecule has 1 N–H and O–H groups in total. The van der Waals surface area contributed by atoms with Crippen molar-refractivity contribution < 1.29 is 51.4 Å². The van der Waals surface area contributed by atoms with Crippen molar-refractivity contribution in [3.05, 3.63) is 85.9 Å². The third-order valence-corrected chi connectivity index (χ3v) is 5.28. The molecule has 0 fully saturated rings. The molecule has 28 heavy (non-hydrogen) atoms. The van der Waals surface area contributed by atoms with Gasteiger partial charge in [-0.3, -0.25) is 0 Å². The van der Waals surface area contributed by atoms with Gasteiger partial charge in [0, 0.05) is 34.2 Å². The first kappa shape index (κ1) is 23.2. The fourth-order valence-electron chi connectivity index (χ4n) is 3.46. The molecule has 1 atom stereocenters. The van der Waals surface area contributed by atoms with Gasteiger partial charge in [0.05, 0.1) is 6.04 Å². The smallest absolute Gasteiger partial charge is 0.432 e. The predicted octanol–water partition coefficient (Wildman–Crippen LogP) is 2.92. The fraction of sp³-hybridized carbons (Fsp3) is 0.250. The molecule has 0 bridgehead atoms. The minimum Gasteiger partial charge on any atom is -0.432 e. The van der Waals surface area contributed by atoms with Gasteiger partial charge in [-0.2, -0.15) is 0 Å². The summed E-state index contributed by atoms with van der Waals surface area (Å²) in [7, 11) is 0. The number of hydrogen-bond donors (Lipinski definition) is 1. The zero-order chi connectivity index (χ0) is 19.6. The van der Waals surface area contributed by atoms with E-state index < -0.39 is 0 Å². The van der Waals surface area contributed by atoms with Gasteiger partial charge >= 0.3 is 51.4 Å². The molecule has 4 heteroatoms. The van der Waals surface area contributed by atoms with Crippen LogP contribution in [0.2, 0.25) is 0 Å². The first-order chi connectivity index (χ1) is 13.0. The van der Waals surface area contributed by atoms with Crippen LogP contribution in [-0.4, -0.2) is 17.7 Å². The second-order valence-electron chi connectivity index (χ2n) is 7.05. The maximum atomic E-state index is 4.33. The molecule has 142 valence electrons. The number of hydrogen-bond acceptors (Lipinski definition) is 2. The average molecular weight is 399 g/mol. The number of fused-ring (bicyclic) bond motifs is 1. The number of aryl methyl sites for hydroxylation is 2. The number of para-hydroxylation sites is 1. The molecule has 0 saturated carbocycles. The third-order valence-electron chi connectivity index (χ3n) is 5.28. The van der Waals surface area contributed by atoms with E-state index in [2.05, 4.69) is 105 Å². The Morgan fingerprint density at radius 1 is 1.11 bits per heavy atom. The zero-order valence-corrected chi connectivity index (χ0v) is 20.7. The van der Waals surface area contributed by atoms with E-state index in [1.165, 1.54) is 22.0 Å². The third kappa shape index (κ3) is 4.74. The van der Waals surface area contributed by atoms with E-state index in [-0.39, 0.29) is 57.4 Å². The Morgan fingerprint density at radius 2 is 1.79 bits per heavy atom. The molecule has 0 saturated heterocycles. The first-order valence-electron chi connectivity index (χ1n) is 9.42. The minimum atomic E-state index is 0. The summed E-state index contributed by atoms with van der Waals surface area (Å²) in [6.45, 7) is 20.1. The van der Waals surface area contributed by atoms with Gasteiger partial charge in [0.15, 0.2) is 0 Å². The molecule has 0 amide bonds. The van der Waals surface area contributed by atoms with Crippen LogP contribution in [0.5, 0.6) is 0 Å². The molecule has 2 aromatic carbocycles. The molecule has 0 aliphatic carbocycles. The van der Waals surface area contributed by atoms with Crippen LogP contribution >= 0.6 is 0 Å². The monoisotopic (exact) mass is 398 g/mol. The van der Waals surface area contributed by atoms with E-state index in [0.29, 0.717) is 13.1 Å². The molecule has 3 rings (SSSR count). The predicted molar refractivity (Wildman–Crippen MR) is 118 cm³/mol. The molecule has 0 aliphatic rings. The largest absolute Gasteiger partial charge is 1.00 e. The summed E-state index contributed by atoms with van der Waals surface area (Å²) in [4.78, 5) is 2.14. The van der Waals surface area contributed by atoms with Gasteiger partial charge in [0.1, 0.15) is 0 Å². The van der Waals surface area contributed by atoms with Crippen LogP contribution in [0.4, 0.5) is 11.4 Å². The summed E-state index contributed by atoms with van der Waals surface area (Å²) < 4.78 is 2.29. The standard InChI is InChI=1S/C24H29N3.K/c1-7-26(8-2)21-14-13-17(3)23(15-21)25-19(5)20(6)27-16-18(4)22-11-9-10-12-24(22)27;/h9-16,20,25H,1-2,5,7-8H2,3-4,6H3;/q-2;+1. The first-order valence-corrected chi connectivity index (χ1v) is 9.42. The molecule has 0 radical (unpaired) electrons. The van der Waals surface area contributed by atoms with Gasteiger partial charge in [-0.15, -0.1) is 13.1 Å². The van der Waals surface area contributed by atoms with Gasteiger partial charge in [-0.25, -0.2) is 0 Å². The van der Waals surface area contributed by atoms with Gasteiger partial charge in [-0.1, -0.05) is 30.8 Å². The number of anilines is 2. The van der Waals surface area contributed by atoms with Gasteiger partial charge in [0.25, 0.3) is 0 Å². The van der Waals surface area contributed by atoms with Crippen LogP contribution in [0.15, 0.2) is 60.9 Å². The number of nitrogens with zero attached hydrogens (tertiary/aromatic N) is 2. The van der Waals surface area contributed by atoms with Crippen molar-refractivity contribution in [3.8, 4) is 0 Å². The second-order valence-corrected chi connectivity index (χ2v) is 7.05. The molecule has 3 nitrogen and oxygen atoms in total. The van der Waals surface area contributed by atoms with Gasteiger partial charge in [-0.05, 0) is 50.1 Å². The Kier molecular flexibility index (Phi) is 8.40. The summed E-state index contributed by atoms with van der Waals surface area (Å²) in [6, 6.07) is 15.0. The normalized spacial score (nSPS) is 11.8. The quantitative estimate of drug-likeness (QED) is 0.488. The van der Waals surface area contributed by atoms with Crippen molar-refractivity contribution in [1.29, 1.82) is 0 Å². The van der Waals surface area contributed by atoms with E-state index in [4.69, 9.17) is 0 Å². The van der Waals surface area contributed by atoms with Crippen LogP contribution < -0.4 is 61.6 Å². The fourth-order valence-corrected chi connectivity index (χ4v) is 3.46. The van der Waals surface area contributed by atoms with Crippen molar-refractivity contribution in [2.24, 2.45) is 0 Å². The van der Waals surface area contributed by atoms with Crippen LogP contribution in [-0.2, 0) is 0 Å². The number of allylic oxidation sites excluding steroid dienone is 1. The van der Waals surface area contributed by atoms with Crippen molar-refractivity contribution in [3.63, 3.8) is 0 Å². The average Bonchev–Trinajstić information content (AvgIpc) is 3.01. The molecule has 1 aromatic heterocycles. The Bertz CT molecular complexity index is 954. The van der Waals surface area contributed by atoms with Crippen molar-refractivity contribution in [2.45, 2.75) is 26.8 Å². The summed E-state index contributed by atoms with van der Waals surface area (Å²) in [5, 5.41) is 4.83. The zero-order valence-electron chi connectivity index (χ0n) is 17.6. The minimum absolute atomic E-state index is 0. The molecular weight excluding hydrogens is 369 g/mol. The SMILES string of the molecule is C=C(Nc1cc(N(C[CH2-])C[CH2-])ccc1C)C(C)n1cc(C)c2ccccc21.[K+]. The summed E-state index contributed by atoms with van der Waals surface area (Å²) in [5.74, 6) is 0. The van der Waals surface area contributed by atoms with Crippen molar-refractivity contribution >= 4 is 22.3 Å². The van der Waals surface area contributed by atoms with Gasteiger partial charge in [0.2, 0.25) is 0 Å². The number of aromatic nitrogens is 1. The molecule has 1 unspecified atom stereocenters. The van der Waals surface area contributed by atoms with E-state index in [1.54, 1.807) is 0 Å². The molecule has 0 aliphatic heterocycles. The van der Waals surface area contributed by atoms with Crippen molar-refractivity contribution in [2.75, 3.05) is 23.3 Å². The maximum Gasteiger partial charge on any atom is 1.00 e. The van der Waals surface area contributed by atoms with E-state index in [1.807, 2.05) is 0 Å². The second kappa shape index (κ2) is 10.1. The van der Waals surface area contributed by atoms with Crippen LogP contribution in [0.25, 0.3) is 10.9 Å². The van der Waals surface area contributed by atoms with Crippen LogP contribution in [0.3, 0.4) is 0 Å². The van der Waals surface area contributed by atoms with E-state index in [0.717, 1.165) is 17.1 Å². The summed E-state index contributed by atoms with van der Waals surface area (Å²) in [5.41, 5.74) is 6.86.